The molecule has 2 aromatic rings. The van der Waals surface area contributed by atoms with Crippen molar-refractivity contribution in [2.45, 2.75) is 20.4 Å². The maximum atomic E-state index is 4.39. The highest BCUT2D eigenvalue weighted by Crippen LogP contribution is 2.13. The van der Waals surface area contributed by atoms with Crippen LogP contribution in [0.25, 0.3) is 11.0 Å². The first-order valence-corrected chi connectivity index (χ1v) is 6.16. The van der Waals surface area contributed by atoms with E-state index in [0.717, 1.165) is 43.0 Å². The lowest BCUT2D eigenvalue weighted by Gasteiger charge is -2.05. The third-order valence-corrected chi connectivity index (χ3v) is 2.72. The summed E-state index contributed by atoms with van der Waals surface area (Å²) in [6, 6.07) is 6.36. The van der Waals surface area contributed by atoms with E-state index >= 15 is 0 Å². The first-order chi connectivity index (χ1) is 8.29. The second kappa shape index (κ2) is 5.80. The number of imidazole rings is 1. The molecule has 3 N–H and O–H groups in total. The van der Waals surface area contributed by atoms with Gasteiger partial charge in [-0.25, -0.2) is 4.98 Å². The van der Waals surface area contributed by atoms with Crippen LogP contribution in [0.1, 0.15) is 18.3 Å². The fourth-order valence-corrected chi connectivity index (χ4v) is 1.88. The molecule has 0 aliphatic carbocycles. The van der Waals surface area contributed by atoms with Crippen molar-refractivity contribution in [1.82, 2.24) is 20.6 Å². The summed E-state index contributed by atoms with van der Waals surface area (Å²) in [5.41, 5.74) is 3.45. The van der Waals surface area contributed by atoms with Gasteiger partial charge in [0.2, 0.25) is 0 Å². The molecular formula is C13H20N4. The Kier molecular flexibility index (Phi) is 4.12. The maximum absolute atomic E-state index is 4.39. The summed E-state index contributed by atoms with van der Waals surface area (Å²) >= 11 is 0. The number of likely N-dealkylation sites (N-methyl/N-ethyl adjacent to an activating group) is 1. The first kappa shape index (κ1) is 12.1. The molecular weight excluding hydrogens is 212 g/mol. The van der Waals surface area contributed by atoms with Crippen LogP contribution in [0.15, 0.2) is 18.2 Å². The second-order valence-corrected chi connectivity index (χ2v) is 4.20. The Balaban J connectivity index is 1.90. The number of benzene rings is 1. The van der Waals surface area contributed by atoms with Crippen LogP contribution in [0.3, 0.4) is 0 Å². The van der Waals surface area contributed by atoms with Crippen LogP contribution >= 0.6 is 0 Å². The summed E-state index contributed by atoms with van der Waals surface area (Å²) in [5, 5.41) is 6.70. The van der Waals surface area contributed by atoms with Gasteiger partial charge in [-0.3, -0.25) is 0 Å². The normalized spacial score (nSPS) is 11.2. The van der Waals surface area contributed by atoms with E-state index in [4.69, 9.17) is 0 Å². The summed E-state index contributed by atoms with van der Waals surface area (Å²) in [6.07, 6.45) is 0. The largest absolute Gasteiger partial charge is 0.342 e. The van der Waals surface area contributed by atoms with Gasteiger partial charge >= 0.3 is 0 Å². The van der Waals surface area contributed by atoms with Crippen LogP contribution in [0.5, 0.6) is 0 Å². The molecule has 0 fully saturated rings. The van der Waals surface area contributed by atoms with E-state index in [0.29, 0.717) is 0 Å². The van der Waals surface area contributed by atoms with Gasteiger partial charge in [-0.2, -0.15) is 0 Å². The molecule has 4 nitrogen and oxygen atoms in total. The Morgan fingerprint density at radius 3 is 2.88 bits per heavy atom. The predicted octanol–water partition coefficient (Wildman–Crippen LogP) is 1.57. The molecule has 0 amide bonds. The van der Waals surface area contributed by atoms with E-state index < -0.39 is 0 Å². The monoisotopic (exact) mass is 232 g/mol. The number of hydrogen-bond acceptors (Lipinski definition) is 3. The molecule has 4 heteroatoms. The van der Waals surface area contributed by atoms with Crippen molar-refractivity contribution in [3.8, 4) is 0 Å². The summed E-state index contributed by atoms with van der Waals surface area (Å²) in [5.74, 6) is 0.970. The third-order valence-electron chi connectivity index (χ3n) is 2.72. The van der Waals surface area contributed by atoms with Gasteiger partial charge in [0.15, 0.2) is 0 Å². The highest BCUT2D eigenvalue weighted by atomic mass is 14.9. The summed E-state index contributed by atoms with van der Waals surface area (Å²) in [7, 11) is 0. The van der Waals surface area contributed by atoms with Crippen LogP contribution in [-0.2, 0) is 6.54 Å². The molecule has 1 heterocycles. The zero-order chi connectivity index (χ0) is 12.1. The van der Waals surface area contributed by atoms with E-state index in [9.17, 15) is 0 Å². The Morgan fingerprint density at radius 2 is 2.06 bits per heavy atom. The fourth-order valence-electron chi connectivity index (χ4n) is 1.88. The van der Waals surface area contributed by atoms with Crippen molar-refractivity contribution in [1.29, 1.82) is 0 Å². The molecule has 1 aromatic heterocycles. The van der Waals surface area contributed by atoms with Gasteiger partial charge in [-0.1, -0.05) is 13.0 Å². The molecule has 0 atom stereocenters. The Morgan fingerprint density at radius 1 is 1.24 bits per heavy atom. The smallest absolute Gasteiger partial charge is 0.104 e. The van der Waals surface area contributed by atoms with E-state index in [1.165, 1.54) is 5.56 Å². The average molecular weight is 232 g/mol. The highest BCUT2D eigenvalue weighted by molar-refractivity contribution is 5.75. The van der Waals surface area contributed by atoms with Crippen LogP contribution < -0.4 is 10.6 Å². The van der Waals surface area contributed by atoms with E-state index in [2.05, 4.69) is 45.7 Å². The van der Waals surface area contributed by atoms with Crippen molar-refractivity contribution in [3.05, 3.63) is 29.6 Å². The van der Waals surface area contributed by atoms with Gasteiger partial charge in [-0.05, 0) is 31.2 Å². The van der Waals surface area contributed by atoms with Crippen LogP contribution in [0.2, 0.25) is 0 Å². The van der Waals surface area contributed by atoms with Gasteiger partial charge in [0, 0.05) is 19.6 Å². The predicted molar refractivity (Wildman–Crippen MR) is 71.1 cm³/mol. The Labute approximate surface area is 102 Å². The summed E-state index contributed by atoms with van der Waals surface area (Å²) < 4.78 is 0. The average Bonchev–Trinajstić information content (AvgIpc) is 2.68. The molecule has 0 spiro atoms. The van der Waals surface area contributed by atoms with Crippen molar-refractivity contribution < 1.29 is 0 Å². The number of rotatable bonds is 6. The van der Waals surface area contributed by atoms with Gasteiger partial charge in [0.05, 0.1) is 11.0 Å². The zero-order valence-electron chi connectivity index (χ0n) is 10.5. The number of aromatic amines is 1. The van der Waals surface area contributed by atoms with E-state index in [1.807, 2.05) is 6.92 Å². The number of hydrogen-bond donors (Lipinski definition) is 3. The molecule has 0 aliphatic heterocycles. The van der Waals surface area contributed by atoms with Gasteiger partial charge < -0.3 is 15.6 Å². The highest BCUT2D eigenvalue weighted by Gasteiger charge is 2.00. The SMILES string of the molecule is CCNCCNCc1ccc2nc(C)[nH]c2c1. The lowest BCUT2D eigenvalue weighted by Crippen LogP contribution is -2.26. The third kappa shape index (κ3) is 3.28. The minimum Gasteiger partial charge on any atom is -0.342 e. The molecule has 2 rings (SSSR count). The van der Waals surface area contributed by atoms with Crippen LogP contribution in [0, 0.1) is 6.92 Å². The number of aryl methyl sites for hydroxylation is 1. The Hall–Kier alpha value is -1.39. The zero-order valence-corrected chi connectivity index (χ0v) is 10.5. The quantitative estimate of drug-likeness (QED) is 0.663. The lowest BCUT2D eigenvalue weighted by atomic mass is 10.2. The summed E-state index contributed by atoms with van der Waals surface area (Å²) in [6.45, 7) is 8.04. The lowest BCUT2D eigenvalue weighted by molar-refractivity contribution is 0.625. The molecule has 1 aromatic carbocycles. The minimum atomic E-state index is 0.902. The minimum absolute atomic E-state index is 0.902. The molecule has 92 valence electrons. The molecule has 0 aliphatic rings. The van der Waals surface area contributed by atoms with Gasteiger partial charge in [-0.15, -0.1) is 0 Å². The molecule has 0 saturated heterocycles. The number of aromatic nitrogens is 2. The standard InChI is InChI=1S/C13H20N4/c1-3-14-6-7-15-9-11-4-5-12-13(8-11)17-10(2)16-12/h4-5,8,14-15H,3,6-7,9H2,1-2H3,(H,16,17). The van der Waals surface area contributed by atoms with E-state index in [1.54, 1.807) is 0 Å². The number of nitrogens with zero attached hydrogens (tertiary/aromatic N) is 1. The van der Waals surface area contributed by atoms with Gasteiger partial charge in [0.25, 0.3) is 0 Å². The summed E-state index contributed by atoms with van der Waals surface area (Å²) in [4.78, 5) is 7.65. The van der Waals surface area contributed by atoms with Crippen LogP contribution in [0.4, 0.5) is 0 Å². The van der Waals surface area contributed by atoms with Crippen molar-refractivity contribution >= 4 is 11.0 Å². The first-order valence-electron chi connectivity index (χ1n) is 6.16. The van der Waals surface area contributed by atoms with Crippen molar-refractivity contribution in [2.24, 2.45) is 0 Å². The fraction of sp³-hybridized carbons (Fsp3) is 0.462. The number of H-pyrrole nitrogens is 1. The molecule has 0 bridgehead atoms. The van der Waals surface area contributed by atoms with Crippen molar-refractivity contribution in [2.75, 3.05) is 19.6 Å². The molecule has 0 radical (unpaired) electrons. The molecule has 17 heavy (non-hydrogen) atoms. The second-order valence-electron chi connectivity index (χ2n) is 4.20. The van der Waals surface area contributed by atoms with E-state index in [-0.39, 0.29) is 0 Å². The van der Waals surface area contributed by atoms with Crippen LogP contribution in [-0.4, -0.2) is 29.6 Å². The van der Waals surface area contributed by atoms with Gasteiger partial charge in [0.1, 0.15) is 5.82 Å². The van der Waals surface area contributed by atoms with Crippen molar-refractivity contribution in [3.63, 3.8) is 0 Å². The maximum Gasteiger partial charge on any atom is 0.104 e. The number of fused-ring (bicyclic) bond motifs is 1. The molecule has 0 unspecified atom stereocenters. The Bertz CT molecular complexity index is 475. The topological polar surface area (TPSA) is 52.7 Å². The number of nitrogens with one attached hydrogen (secondary N) is 3. The molecule has 0 saturated carbocycles.